The van der Waals surface area contributed by atoms with Gasteiger partial charge in [0.05, 0.1) is 13.7 Å². The normalized spacial score (nSPS) is 12.2. The average Bonchev–Trinajstić information content (AvgIpc) is 2.52. The molecule has 1 rings (SSSR count). The van der Waals surface area contributed by atoms with Crippen LogP contribution in [-0.4, -0.2) is 48.3 Å². The van der Waals surface area contributed by atoms with Gasteiger partial charge in [0, 0.05) is 6.54 Å². The van der Waals surface area contributed by atoms with Crippen LogP contribution in [0.4, 0.5) is 4.79 Å². The zero-order valence-electron chi connectivity index (χ0n) is 15.9. The number of rotatable bonds is 7. The average molecular weight is 365 g/mol. The van der Waals surface area contributed by atoms with E-state index in [1.54, 1.807) is 20.8 Å². The molecule has 8 heteroatoms. The number of hydrazine groups is 1. The molecule has 0 aliphatic heterocycles. The lowest BCUT2D eigenvalue weighted by atomic mass is 10.2. The molecule has 2 amide bonds. The molecule has 1 atom stereocenters. The Hall–Kier alpha value is -2.61. The summed E-state index contributed by atoms with van der Waals surface area (Å²) in [5, 5.41) is 3.94. The SMILES string of the molecule is COC(=O)[C@H](C)NC(=O)CN(Cc1ccccc1)NC(=O)OC(C)(C)C. The van der Waals surface area contributed by atoms with Gasteiger partial charge >= 0.3 is 12.1 Å². The lowest BCUT2D eigenvalue weighted by Crippen LogP contribution is -2.50. The predicted octanol–water partition coefficient (Wildman–Crippen LogP) is 1.61. The van der Waals surface area contributed by atoms with Gasteiger partial charge in [-0.2, -0.15) is 0 Å². The number of nitrogens with zero attached hydrogens (tertiary/aromatic N) is 1. The molecule has 0 unspecified atom stereocenters. The van der Waals surface area contributed by atoms with Crippen molar-refractivity contribution in [1.29, 1.82) is 0 Å². The Morgan fingerprint density at radius 3 is 2.31 bits per heavy atom. The second kappa shape index (κ2) is 9.76. The molecule has 0 fully saturated rings. The fourth-order valence-corrected chi connectivity index (χ4v) is 2.06. The van der Waals surface area contributed by atoms with Gasteiger partial charge < -0.3 is 14.8 Å². The predicted molar refractivity (Wildman–Crippen MR) is 95.8 cm³/mol. The minimum atomic E-state index is -0.785. The monoisotopic (exact) mass is 365 g/mol. The van der Waals surface area contributed by atoms with Crippen LogP contribution in [0.25, 0.3) is 0 Å². The van der Waals surface area contributed by atoms with Crippen molar-refractivity contribution in [3.8, 4) is 0 Å². The molecule has 0 bridgehead atoms. The van der Waals surface area contributed by atoms with E-state index in [2.05, 4.69) is 15.5 Å². The summed E-state index contributed by atoms with van der Waals surface area (Å²) in [7, 11) is 1.25. The van der Waals surface area contributed by atoms with Crippen LogP contribution >= 0.6 is 0 Å². The van der Waals surface area contributed by atoms with E-state index >= 15 is 0 Å². The summed E-state index contributed by atoms with van der Waals surface area (Å²) in [6.45, 7) is 6.90. The van der Waals surface area contributed by atoms with Crippen LogP contribution in [0, 0.1) is 0 Å². The van der Waals surface area contributed by atoms with Crippen molar-refractivity contribution >= 4 is 18.0 Å². The minimum Gasteiger partial charge on any atom is -0.467 e. The van der Waals surface area contributed by atoms with Crippen LogP contribution in [0.2, 0.25) is 0 Å². The number of hydrogen-bond acceptors (Lipinski definition) is 6. The Morgan fingerprint density at radius 2 is 1.77 bits per heavy atom. The third kappa shape index (κ3) is 8.48. The Labute approximate surface area is 153 Å². The molecule has 0 aliphatic rings. The number of esters is 1. The summed E-state index contributed by atoms with van der Waals surface area (Å²) >= 11 is 0. The van der Waals surface area contributed by atoms with Crippen molar-refractivity contribution in [3.05, 3.63) is 35.9 Å². The van der Waals surface area contributed by atoms with Crippen LogP contribution < -0.4 is 10.7 Å². The second-order valence-corrected chi connectivity index (χ2v) is 6.77. The van der Waals surface area contributed by atoms with Gasteiger partial charge in [0.2, 0.25) is 5.91 Å². The molecule has 0 saturated heterocycles. The van der Waals surface area contributed by atoms with E-state index in [0.29, 0.717) is 6.54 Å². The quantitative estimate of drug-likeness (QED) is 0.563. The molecule has 1 aromatic rings. The Balaban J connectivity index is 2.75. The van der Waals surface area contributed by atoms with Gasteiger partial charge in [-0.15, -0.1) is 0 Å². The van der Waals surface area contributed by atoms with Crippen LogP contribution in [0.15, 0.2) is 30.3 Å². The van der Waals surface area contributed by atoms with Crippen molar-refractivity contribution < 1.29 is 23.9 Å². The first-order chi connectivity index (χ1) is 12.1. The number of carbonyl (C=O) groups is 3. The van der Waals surface area contributed by atoms with E-state index in [4.69, 9.17) is 4.74 Å². The molecule has 1 aromatic carbocycles. The van der Waals surface area contributed by atoms with Crippen molar-refractivity contribution in [2.45, 2.75) is 45.9 Å². The largest absolute Gasteiger partial charge is 0.467 e. The number of hydrogen-bond donors (Lipinski definition) is 2. The van der Waals surface area contributed by atoms with Gasteiger partial charge in [-0.25, -0.2) is 14.6 Å². The first kappa shape index (κ1) is 21.4. The maximum absolute atomic E-state index is 12.2. The molecular weight excluding hydrogens is 338 g/mol. The lowest BCUT2D eigenvalue weighted by Gasteiger charge is -2.26. The zero-order valence-corrected chi connectivity index (χ0v) is 15.9. The van der Waals surface area contributed by atoms with E-state index in [1.807, 2.05) is 30.3 Å². The van der Waals surface area contributed by atoms with Crippen molar-refractivity contribution in [2.24, 2.45) is 0 Å². The van der Waals surface area contributed by atoms with Gasteiger partial charge in [-0.05, 0) is 33.3 Å². The van der Waals surface area contributed by atoms with E-state index in [9.17, 15) is 14.4 Å². The summed E-state index contributed by atoms with van der Waals surface area (Å²) in [5.41, 5.74) is 2.80. The minimum absolute atomic E-state index is 0.157. The molecule has 26 heavy (non-hydrogen) atoms. The van der Waals surface area contributed by atoms with Crippen molar-refractivity contribution in [2.75, 3.05) is 13.7 Å². The standard InChI is InChI=1S/C18H27N3O5/c1-13(16(23)25-5)19-15(22)12-21(11-14-9-7-6-8-10-14)20-17(24)26-18(2,3)4/h6-10,13H,11-12H2,1-5H3,(H,19,22)(H,20,24)/t13-/m0/s1. The number of amides is 2. The number of ether oxygens (including phenoxy) is 2. The number of benzene rings is 1. The van der Waals surface area contributed by atoms with Gasteiger partial charge in [-0.1, -0.05) is 30.3 Å². The van der Waals surface area contributed by atoms with E-state index < -0.39 is 29.6 Å². The van der Waals surface area contributed by atoms with Crippen LogP contribution in [0.1, 0.15) is 33.3 Å². The molecular formula is C18H27N3O5. The second-order valence-electron chi connectivity index (χ2n) is 6.77. The van der Waals surface area contributed by atoms with Gasteiger partial charge in [0.25, 0.3) is 0 Å². The van der Waals surface area contributed by atoms with E-state index in [0.717, 1.165) is 5.56 Å². The smallest absolute Gasteiger partial charge is 0.422 e. The van der Waals surface area contributed by atoms with Gasteiger partial charge in [0.1, 0.15) is 11.6 Å². The third-order valence-electron chi connectivity index (χ3n) is 3.13. The molecule has 0 spiro atoms. The first-order valence-corrected chi connectivity index (χ1v) is 8.26. The zero-order chi connectivity index (χ0) is 19.7. The Morgan fingerprint density at radius 1 is 1.15 bits per heavy atom. The Bertz CT molecular complexity index is 613. The fourth-order valence-electron chi connectivity index (χ4n) is 2.06. The van der Waals surface area contributed by atoms with Crippen LogP contribution in [0.5, 0.6) is 0 Å². The number of nitrogens with one attached hydrogen (secondary N) is 2. The maximum Gasteiger partial charge on any atom is 0.422 e. The highest BCUT2D eigenvalue weighted by atomic mass is 16.6. The van der Waals surface area contributed by atoms with Gasteiger partial charge in [-0.3, -0.25) is 10.2 Å². The summed E-state index contributed by atoms with van der Waals surface area (Å²) in [6.07, 6.45) is -0.665. The first-order valence-electron chi connectivity index (χ1n) is 8.26. The topological polar surface area (TPSA) is 97.0 Å². The van der Waals surface area contributed by atoms with Crippen LogP contribution in [-0.2, 0) is 25.6 Å². The highest BCUT2D eigenvalue weighted by Gasteiger charge is 2.22. The molecule has 0 heterocycles. The highest BCUT2D eigenvalue weighted by molar-refractivity contribution is 5.85. The molecule has 0 saturated carbocycles. The molecule has 144 valence electrons. The molecule has 2 N–H and O–H groups in total. The fraction of sp³-hybridized carbons (Fsp3) is 0.500. The van der Waals surface area contributed by atoms with Gasteiger partial charge in [0.15, 0.2) is 0 Å². The Kier molecular flexibility index (Phi) is 8.05. The number of carbonyl (C=O) groups excluding carboxylic acids is 3. The molecule has 8 nitrogen and oxygen atoms in total. The summed E-state index contributed by atoms with van der Waals surface area (Å²) in [6, 6.07) is 8.56. The van der Waals surface area contributed by atoms with Crippen LogP contribution in [0.3, 0.4) is 0 Å². The van der Waals surface area contributed by atoms with E-state index in [-0.39, 0.29) is 6.54 Å². The van der Waals surface area contributed by atoms with Crippen molar-refractivity contribution in [3.63, 3.8) is 0 Å². The highest BCUT2D eigenvalue weighted by Crippen LogP contribution is 2.08. The maximum atomic E-state index is 12.2. The molecule has 0 aromatic heterocycles. The lowest BCUT2D eigenvalue weighted by molar-refractivity contribution is -0.144. The molecule has 0 radical (unpaired) electrons. The number of methoxy groups -OCH3 is 1. The van der Waals surface area contributed by atoms with E-state index in [1.165, 1.54) is 19.0 Å². The summed E-state index contributed by atoms with van der Waals surface area (Å²) < 4.78 is 9.80. The third-order valence-corrected chi connectivity index (χ3v) is 3.13. The van der Waals surface area contributed by atoms with Crippen molar-refractivity contribution in [1.82, 2.24) is 15.8 Å². The summed E-state index contributed by atoms with van der Waals surface area (Å²) in [5.74, 6) is -0.983. The summed E-state index contributed by atoms with van der Waals surface area (Å²) in [4.78, 5) is 35.6. The molecule has 0 aliphatic carbocycles.